The van der Waals surface area contributed by atoms with E-state index < -0.39 is 10.1 Å². The highest BCUT2D eigenvalue weighted by molar-refractivity contribution is 7.86. The van der Waals surface area contributed by atoms with Crippen LogP contribution >= 0.6 is 0 Å². The lowest BCUT2D eigenvalue weighted by Gasteiger charge is -1.98. The fraction of sp³-hybridized carbons (Fsp3) is 1.00. The lowest BCUT2D eigenvalue weighted by Crippen LogP contribution is -2.09. The predicted molar refractivity (Wildman–Crippen MR) is 50.7 cm³/mol. The van der Waals surface area contributed by atoms with Gasteiger partial charge in [0.15, 0.2) is 0 Å². The fourth-order valence-corrected chi connectivity index (χ4v) is 1.47. The first-order valence-corrected chi connectivity index (χ1v) is 5.57. The largest absolute Gasteiger partial charge is 0.323 e. The predicted octanol–water partition coefficient (Wildman–Crippen LogP) is 0.598. The molecule has 0 rings (SSSR count). The average molecular weight is 197 g/mol. The molecule has 0 bridgehead atoms. The third-order valence-corrected chi connectivity index (χ3v) is 2.25. The summed E-state index contributed by atoms with van der Waals surface area (Å²) >= 11 is 0. The van der Waals surface area contributed by atoms with Crippen molar-refractivity contribution < 1.29 is 12.6 Å². The van der Waals surface area contributed by atoms with Crippen LogP contribution in [0.1, 0.15) is 20.3 Å². The molecule has 0 aliphatic carbocycles. The van der Waals surface area contributed by atoms with Crippen LogP contribution in [0.4, 0.5) is 0 Å². The van der Waals surface area contributed by atoms with E-state index in [0.717, 1.165) is 0 Å². The van der Waals surface area contributed by atoms with Gasteiger partial charge in [-0.05, 0) is 27.4 Å². The van der Waals surface area contributed by atoms with E-state index in [1.165, 1.54) is 0 Å². The van der Waals surface area contributed by atoms with Gasteiger partial charge in [0.1, 0.15) is 0 Å². The van der Waals surface area contributed by atoms with Crippen LogP contribution in [0.5, 0.6) is 0 Å². The summed E-state index contributed by atoms with van der Waals surface area (Å²) in [5.41, 5.74) is 0. The van der Waals surface area contributed by atoms with E-state index >= 15 is 0 Å². The standard InChI is InChI=1S/C5H12O3S.C2H7N/c1-3-5-9(6,7)8-4-2;1-3-2/h3-5H2,1-2H3;3H,1-2H3. The van der Waals surface area contributed by atoms with Gasteiger partial charge < -0.3 is 5.32 Å². The summed E-state index contributed by atoms with van der Waals surface area (Å²) in [5, 5.41) is 2.75. The van der Waals surface area contributed by atoms with Gasteiger partial charge in [0.25, 0.3) is 10.1 Å². The lowest BCUT2D eigenvalue weighted by molar-refractivity contribution is 0.338. The van der Waals surface area contributed by atoms with Crippen LogP contribution in [0.3, 0.4) is 0 Å². The summed E-state index contributed by atoms with van der Waals surface area (Å²) in [6.07, 6.45) is 0.613. The number of hydrogen-bond donors (Lipinski definition) is 1. The first-order chi connectivity index (χ1) is 5.54. The molecule has 0 atom stereocenters. The summed E-state index contributed by atoms with van der Waals surface area (Å²) in [7, 11) is 0.568. The molecule has 0 aliphatic heterocycles. The Morgan fingerprint density at radius 1 is 1.25 bits per heavy atom. The number of nitrogens with one attached hydrogen (secondary N) is 1. The molecule has 0 spiro atoms. The maximum absolute atomic E-state index is 10.6. The van der Waals surface area contributed by atoms with Gasteiger partial charge in [-0.2, -0.15) is 8.42 Å². The van der Waals surface area contributed by atoms with Crippen LogP contribution in [-0.4, -0.2) is 34.9 Å². The van der Waals surface area contributed by atoms with Crippen molar-refractivity contribution >= 4 is 10.1 Å². The Bertz CT molecular complexity index is 153. The fourth-order valence-electron chi connectivity index (χ4n) is 0.488. The highest BCUT2D eigenvalue weighted by atomic mass is 32.2. The van der Waals surface area contributed by atoms with E-state index in [-0.39, 0.29) is 12.4 Å². The van der Waals surface area contributed by atoms with Gasteiger partial charge in [-0.25, -0.2) is 0 Å². The van der Waals surface area contributed by atoms with Crippen molar-refractivity contribution in [3.05, 3.63) is 0 Å². The zero-order valence-corrected chi connectivity index (χ0v) is 9.07. The van der Waals surface area contributed by atoms with Crippen LogP contribution in [-0.2, 0) is 14.3 Å². The second kappa shape index (κ2) is 8.96. The Hall–Kier alpha value is -0.130. The molecular weight excluding hydrogens is 178 g/mol. The van der Waals surface area contributed by atoms with Gasteiger partial charge in [-0.15, -0.1) is 0 Å². The third-order valence-electron chi connectivity index (χ3n) is 0.752. The van der Waals surface area contributed by atoms with Crippen LogP contribution < -0.4 is 5.32 Å². The molecule has 1 N–H and O–H groups in total. The Morgan fingerprint density at radius 2 is 1.67 bits per heavy atom. The summed E-state index contributed by atoms with van der Waals surface area (Å²) < 4.78 is 25.7. The molecule has 4 nitrogen and oxygen atoms in total. The summed E-state index contributed by atoms with van der Waals surface area (Å²) in [6, 6.07) is 0. The topological polar surface area (TPSA) is 55.4 Å². The molecule has 0 saturated carbocycles. The van der Waals surface area contributed by atoms with Gasteiger partial charge in [0.2, 0.25) is 0 Å². The van der Waals surface area contributed by atoms with Gasteiger partial charge in [-0.1, -0.05) is 6.92 Å². The second-order valence-corrected chi connectivity index (χ2v) is 3.93. The van der Waals surface area contributed by atoms with E-state index in [9.17, 15) is 8.42 Å². The van der Waals surface area contributed by atoms with E-state index in [1.807, 2.05) is 14.1 Å². The van der Waals surface area contributed by atoms with Crippen molar-refractivity contribution in [1.82, 2.24) is 5.32 Å². The quantitative estimate of drug-likeness (QED) is 0.670. The van der Waals surface area contributed by atoms with E-state index in [2.05, 4.69) is 9.50 Å². The van der Waals surface area contributed by atoms with Crippen molar-refractivity contribution in [3.8, 4) is 0 Å². The van der Waals surface area contributed by atoms with Gasteiger partial charge >= 0.3 is 0 Å². The maximum atomic E-state index is 10.6. The molecule has 0 saturated heterocycles. The minimum Gasteiger partial charge on any atom is -0.323 e. The Morgan fingerprint density at radius 3 is 1.92 bits per heavy atom. The average Bonchev–Trinajstić information content (AvgIpc) is 1.88. The third kappa shape index (κ3) is 12.5. The normalized spacial score (nSPS) is 10.3. The monoisotopic (exact) mass is 197 g/mol. The molecular formula is C7H19NO3S. The SMILES string of the molecule is CCCS(=O)(=O)OCC.CNC. The van der Waals surface area contributed by atoms with Crippen LogP contribution in [0.2, 0.25) is 0 Å². The summed E-state index contributed by atoms with van der Waals surface area (Å²) in [6.45, 7) is 3.70. The molecule has 76 valence electrons. The van der Waals surface area contributed by atoms with E-state index in [4.69, 9.17) is 0 Å². The Labute approximate surface area is 75.4 Å². The van der Waals surface area contributed by atoms with Crippen molar-refractivity contribution in [2.45, 2.75) is 20.3 Å². The lowest BCUT2D eigenvalue weighted by atomic mass is 10.6. The van der Waals surface area contributed by atoms with Crippen LogP contribution in [0, 0.1) is 0 Å². The first-order valence-electron chi connectivity index (χ1n) is 3.99. The molecule has 5 heteroatoms. The molecule has 0 unspecified atom stereocenters. The first kappa shape index (κ1) is 14.4. The van der Waals surface area contributed by atoms with Crippen LogP contribution in [0.25, 0.3) is 0 Å². The zero-order valence-electron chi connectivity index (χ0n) is 8.25. The number of hydrogen-bond acceptors (Lipinski definition) is 4. The minimum atomic E-state index is -3.18. The van der Waals surface area contributed by atoms with Crippen molar-refractivity contribution in [3.63, 3.8) is 0 Å². The van der Waals surface area contributed by atoms with Crippen LogP contribution in [0.15, 0.2) is 0 Å². The van der Waals surface area contributed by atoms with Crippen molar-refractivity contribution in [1.29, 1.82) is 0 Å². The molecule has 0 aromatic carbocycles. The Kier molecular flexibility index (Phi) is 10.8. The smallest absolute Gasteiger partial charge is 0.267 e. The molecule has 0 amide bonds. The zero-order chi connectivity index (χ0) is 10.0. The Balaban J connectivity index is 0. The minimum absolute atomic E-state index is 0.126. The highest BCUT2D eigenvalue weighted by Crippen LogP contribution is 1.93. The van der Waals surface area contributed by atoms with E-state index in [1.54, 1.807) is 13.8 Å². The second-order valence-electron chi connectivity index (χ2n) is 2.17. The number of rotatable bonds is 4. The van der Waals surface area contributed by atoms with E-state index in [0.29, 0.717) is 6.42 Å². The summed E-state index contributed by atoms with van der Waals surface area (Å²) in [4.78, 5) is 0. The molecule has 0 aromatic heterocycles. The van der Waals surface area contributed by atoms with Gasteiger partial charge in [0, 0.05) is 0 Å². The summed E-state index contributed by atoms with van der Waals surface area (Å²) in [5.74, 6) is 0.126. The van der Waals surface area contributed by atoms with Gasteiger partial charge in [0.05, 0.1) is 12.4 Å². The van der Waals surface area contributed by atoms with Crippen molar-refractivity contribution in [2.75, 3.05) is 26.5 Å². The van der Waals surface area contributed by atoms with Gasteiger partial charge in [-0.3, -0.25) is 4.18 Å². The molecule has 0 fully saturated rings. The molecule has 0 aromatic rings. The highest BCUT2D eigenvalue weighted by Gasteiger charge is 2.05. The maximum Gasteiger partial charge on any atom is 0.267 e. The molecule has 12 heavy (non-hydrogen) atoms. The molecule has 0 heterocycles. The molecule has 0 aliphatic rings. The van der Waals surface area contributed by atoms with Crippen molar-refractivity contribution in [2.24, 2.45) is 0 Å². The molecule has 0 radical (unpaired) electrons.